The monoisotopic (exact) mass is 649 g/mol. The van der Waals surface area contributed by atoms with Crippen molar-refractivity contribution in [1.29, 1.82) is 0 Å². The van der Waals surface area contributed by atoms with Gasteiger partial charge in [-0.3, -0.25) is 9.59 Å². The smallest absolute Gasteiger partial charge is 0.254 e. The Morgan fingerprint density at radius 2 is 1.71 bits per heavy atom. The number of nitrogens with zero attached hydrogens (tertiary/aromatic N) is 1. The van der Waals surface area contributed by atoms with Crippen LogP contribution in [0.5, 0.6) is 0 Å². The number of rotatable bonds is 10. The molecule has 1 heterocycles. The second-order valence-corrected chi connectivity index (χ2v) is 14.8. The topological polar surface area (TPSA) is 116 Å². The first-order valence-corrected chi connectivity index (χ1v) is 16.5. The maximum absolute atomic E-state index is 13.8. The summed E-state index contributed by atoms with van der Waals surface area (Å²) in [4.78, 5) is 28.5. The first kappa shape index (κ1) is 32.3. The Hall–Kier alpha value is -2.60. The number of aryl methyl sites for hydroxylation is 1. The molecule has 0 radical (unpaired) electrons. The minimum Gasteiger partial charge on any atom is -0.382 e. The van der Waals surface area contributed by atoms with E-state index in [1.165, 1.54) is 34.9 Å². The molecule has 224 valence electrons. The highest BCUT2D eigenvalue weighted by Crippen LogP contribution is 2.40. The number of carbonyl (C=O) groups is 2. The van der Waals surface area contributed by atoms with Gasteiger partial charge in [-0.2, -0.15) is 0 Å². The standard InChI is InChI=1S/C30H33Cl2N3O5S2/c1-19-9-7-8-12-21(19)17-33-28(37)27-30(2,3)41-18-35(27)29(38)26(36)25(15-20-10-5-4-6-11-20)34-42(39,40)22-13-14-23(31)24(32)16-22/h4-14,16,25-27,34,36H,15,17-18H2,1-3H3,(H,33,37). The molecular weight excluding hydrogens is 617 g/mol. The van der Waals surface area contributed by atoms with E-state index in [-0.39, 0.29) is 39.7 Å². The Morgan fingerprint density at radius 3 is 2.38 bits per heavy atom. The van der Waals surface area contributed by atoms with E-state index in [0.29, 0.717) is 5.56 Å². The van der Waals surface area contributed by atoms with Crippen LogP contribution in [0.3, 0.4) is 0 Å². The molecule has 0 bridgehead atoms. The van der Waals surface area contributed by atoms with Gasteiger partial charge in [0.15, 0.2) is 0 Å². The summed E-state index contributed by atoms with van der Waals surface area (Å²) in [6.45, 7) is 5.97. The quantitative estimate of drug-likeness (QED) is 0.297. The van der Waals surface area contributed by atoms with Gasteiger partial charge in [0, 0.05) is 11.3 Å². The summed E-state index contributed by atoms with van der Waals surface area (Å²) in [6.07, 6.45) is -1.77. The molecule has 0 aliphatic carbocycles. The summed E-state index contributed by atoms with van der Waals surface area (Å²) in [6, 6.07) is 18.3. The molecule has 3 N–H and O–H groups in total. The van der Waals surface area contributed by atoms with Crippen molar-refractivity contribution in [3.05, 3.63) is 99.5 Å². The predicted molar refractivity (Wildman–Crippen MR) is 167 cm³/mol. The van der Waals surface area contributed by atoms with E-state index in [1.807, 2.05) is 51.1 Å². The predicted octanol–water partition coefficient (Wildman–Crippen LogP) is 4.55. The number of hydrogen-bond donors (Lipinski definition) is 3. The Balaban J connectivity index is 1.59. The fourth-order valence-corrected chi connectivity index (χ4v) is 7.61. The number of hydrogen-bond acceptors (Lipinski definition) is 6. The Kier molecular flexibility index (Phi) is 10.3. The average molecular weight is 651 g/mol. The van der Waals surface area contributed by atoms with Gasteiger partial charge in [0.05, 0.1) is 26.9 Å². The second kappa shape index (κ2) is 13.4. The van der Waals surface area contributed by atoms with Crippen LogP contribution in [-0.4, -0.2) is 59.1 Å². The Bertz CT molecular complexity index is 1550. The molecule has 3 unspecified atom stereocenters. The molecule has 0 spiro atoms. The Labute approximate surface area is 260 Å². The second-order valence-electron chi connectivity index (χ2n) is 10.7. The Morgan fingerprint density at radius 1 is 1.05 bits per heavy atom. The molecule has 1 aliphatic rings. The fourth-order valence-electron chi connectivity index (χ4n) is 4.84. The van der Waals surface area contributed by atoms with Crippen LogP contribution in [-0.2, 0) is 32.6 Å². The van der Waals surface area contributed by atoms with Crippen molar-refractivity contribution in [2.24, 2.45) is 0 Å². The van der Waals surface area contributed by atoms with Gasteiger partial charge in [-0.1, -0.05) is 77.8 Å². The van der Waals surface area contributed by atoms with Crippen LogP contribution in [0.25, 0.3) is 0 Å². The highest BCUT2D eigenvalue weighted by molar-refractivity contribution is 8.00. The first-order valence-electron chi connectivity index (χ1n) is 13.3. The number of thioether (sulfide) groups is 1. The van der Waals surface area contributed by atoms with Crippen LogP contribution in [0.2, 0.25) is 10.0 Å². The summed E-state index contributed by atoms with van der Waals surface area (Å²) in [7, 11) is -4.23. The minimum atomic E-state index is -4.23. The lowest BCUT2D eigenvalue weighted by atomic mass is 9.97. The summed E-state index contributed by atoms with van der Waals surface area (Å²) >= 11 is 13.4. The highest BCUT2D eigenvalue weighted by Gasteiger charge is 2.50. The van der Waals surface area contributed by atoms with Crippen LogP contribution in [0, 0.1) is 6.92 Å². The maximum Gasteiger partial charge on any atom is 0.254 e. The molecule has 1 saturated heterocycles. The van der Waals surface area contributed by atoms with Gasteiger partial charge in [0.25, 0.3) is 5.91 Å². The summed E-state index contributed by atoms with van der Waals surface area (Å²) in [5.74, 6) is -0.949. The zero-order valence-corrected chi connectivity index (χ0v) is 26.5. The van der Waals surface area contributed by atoms with Crippen LogP contribution in [0.15, 0.2) is 77.7 Å². The zero-order valence-electron chi connectivity index (χ0n) is 23.4. The molecule has 0 aromatic heterocycles. The zero-order chi connectivity index (χ0) is 30.7. The number of benzene rings is 3. The number of aliphatic hydroxyl groups is 1. The lowest BCUT2D eigenvalue weighted by molar-refractivity contribution is -0.147. The number of sulfonamides is 1. The van der Waals surface area contributed by atoms with E-state index >= 15 is 0 Å². The number of amides is 2. The molecule has 0 saturated carbocycles. The fraction of sp³-hybridized carbons (Fsp3) is 0.333. The van der Waals surface area contributed by atoms with E-state index in [9.17, 15) is 23.1 Å². The third kappa shape index (κ3) is 7.48. The van der Waals surface area contributed by atoms with E-state index < -0.39 is 38.9 Å². The lowest BCUT2D eigenvalue weighted by Crippen LogP contribution is -2.58. The molecule has 12 heteroatoms. The number of halogens is 2. The van der Waals surface area contributed by atoms with Gasteiger partial charge in [0.2, 0.25) is 15.9 Å². The summed E-state index contributed by atoms with van der Waals surface area (Å²) in [5, 5.41) is 14.6. The van der Waals surface area contributed by atoms with Gasteiger partial charge in [-0.25, -0.2) is 13.1 Å². The molecule has 1 aliphatic heterocycles. The molecule has 3 aromatic rings. The van der Waals surface area contributed by atoms with Gasteiger partial charge in [0.1, 0.15) is 12.1 Å². The highest BCUT2D eigenvalue weighted by atomic mass is 35.5. The first-order chi connectivity index (χ1) is 19.8. The molecular formula is C30H33Cl2N3O5S2. The van der Waals surface area contributed by atoms with Crippen molar-refractivity contribution in [2.75, 3.05) is 5.88 Å². The van der Waals surface area contributed by atoms with Crippen molar-refractivity contribution in [1.82, 2.24) is 14.9 Å². The lowest BCUT2D eigenvalue weighted by Gasteiger charge is -2.33. The SMILES string of the molecule is Cc1ccccc1CNC(=O)C1N(C(=O)C(O)C(Cc2ccccc2)NS(=O)(=O)c2ccc(Cl)c(Cl)c2)CSC1(C)C. The van der Waals surface area contributed by atoms with Crippen LogP contribution < -0.4 is 10.0 Å². The molecule has 2 amide bonds. The summed E-state index contributed by atoms with van der Waals surface area (Å²) in [5.41, 5.74) is 2.68. The van der Waals surface area contributed by atoms with Gasteiger partial charge in [-0.15, -0.1) is 11.8 Å². The van der Waals surface area contributed by atoms with Gasteiger partial charge >= 0.3 is 0 Å². The van der Waals surface area contributed by atoms with E-state index in [4.69, 9.17) is 23.2 Å². The van der Waals surface area contributed by atoms with Crippen LogP contribution in [0.1, 0.15) is 30.5 Å². The van der Waals surface area contributed by atoms with Crippen LogP contribution >= 0.6 is 35.0 Å². The van der Waals surface area contributed by atoms with Gasteiger partial charge < -0.3 is 15.3 Å². The van der Waals surface area contributed by atoms with E-state index in [2.05, 4.69) is 10.0 Å². The van der Waals surface area contributed by atoms with Crippen molar-refractivity contribution in [3.8, 4) is 0 Å². The average Bonchev–Trinajstić information content (AvgIpc) is 3.27. The maximum atomic E-state index is 13.8. The minimum absolute atomic E-state index is 0.0167. The molecule has 1 fully saturated rings. The molecule has 4 rings (SSSR count). The number of nitrogens with one attached hydrogen (secondary N) is 2. The van der Waals surface area contributed by atoms with Crippen molar-refractivity contribution in [3.63, 3.8) is 0 Å². The number of carbonyl (C=O) groups excluding carboxylic acids is 2. The molecule has 8 nitrogen and oxygen atoms in total. The normalized spacial score (nSPS) is 18.0. The number of aliphatic hydroxyl groups excluding tert-OH is 1. The van der Waals surface area contributed by atoms with Crippen molar-refractivity contribution in [2.45, 2.75) is 61.6 Å². The van der Waals surface area contributed by atoms with E-state index in [1.54, 1.807) is 24.3 Å². The van der Waals surface area contributed by atoms with Crippen molar-refractivity contribution < 1.29 is 23.1 Å². The molecule has 3 atom stereocenters. The largest absolute Gasteiger partial charge is 0.382 e. The third-order valence-electron chi connectivity index (χ3n) is 7.23. The van der Waals surface area contributed by atoms with E-state index in [0.717, 1.165) is 11.1 Å². The van der Waals surface area contributed by atoms with Crippen LogP contribution in [0.4, 0.5) is 0 Å². The summed E-state index contributed by atoms with van der Waals surface area (Å²) < 4.78 is 28.5. The molecule has 3 aromatic carbocycles. The molecule has 42 heavy (non-hydrogen) atoms. The third-order valence-corrected chi connectivity index (χ3v) is 10.8. The van der Waals surface area contributed by atoms with Gasteiger partial charge in [-0.05, 0) is 62.1 Å². The van der Waals surface area contributed by atoms with Crippen molar-refractivity contribution >= 4 is 56.8 Å².